The van der Waals surface area contributed by atoms with Gasteiger partial charge in [-0.2, -0.15) is 0 Å². The lowest BCUT2D eigenvalue weighted by Crippen LogP contribution is -2.01. The highest BCUT2D eigenvalue weighted by Gasteiger charge is 2.07. The van der Waals surface area contributed by atoms with Gasteiger partial charge in [0.25, 0.3) is 5.69 Å². The van der Waals surface area contributed by atoms with Gasteiger partial charge >= 0.3 is 0 Å². The molecular weight excluding hydrogens is 254 g/mol. The van der Waals surface area contributed by atoms with E-state index in [-0.39, 0.29) is 10.6 Å². The maximum atomic E-state index is 10.8. The van der Waals surface area contributed by atoms with E-state index in [1.807, 2.05) is 37.3 Å². The smallest absolute Gasteiger partial charge is 0.271 e. The summed E-state index contributed by atoms with van der Waals surface area (Å²) in [5.74, 6) is 0. The normalized spacial score (nSPS) is 10.3. The van der Waals surface area contributed by atoms with Crippen LogP contribution in [0.1, 0.15) is 16.7 Å². The van der Waals surface area contributed by atoms with Crippen LogP contribution in [-0.2, 0) is 13.1 Å². The van der Waals surface area contributed by atoms with Crippen LogP contribution in [0.2, 0.25) is 0 Å². The van der Waals surface area contributed by atoms with E-state index in [2.05, 4.69) is 5.32 Å². The molecule has 3 N–H and O–H groups in total. The van der Waals surface area contributed by atoms with E-state index in [4.69, 9.17) is 5.73 Å². The predicted octanol–water partition coefficient (Wildman–Crippen LogP) is 2.97. The Bertz CT molecular complexity index is 609. The fourth-order valence-electron chi connectivity index (χ4n) is 1.97. The van der Waals surface area contributed by atoms with E-state index in [9.17, 15) is 10.1 Å². The second-order valence-corrected chi connectivity index (χ2v) is 4.69. The van der Waals surface area contributed by atoms with E-state index in [0.29, 0.717) is 13.1 Å². The van der Waals surface area contributed by atoms with Crippen molar-refractivity contribution in [3.8, 4) is 0 Å². The number of aryl methyl sites for hydroxylation is 1. The minimum absolute atomic E-state index is 0.103. The molecule has 0 spiro atoms. The summed E-state index contributed by atoms with van der Waals surface area (Å²) in [6.07, 6.45) is 0. The molecular formula is C15H17N3O2. The number of nitro benzene ring substituents is 1. The van der Waals surface area contributed by atoms with Crippen molar-refractivity contribution >= 4 is 11.4 Å². The molecule has 0 aliphatic rings. The minimum Gasteiger partial charge on any atom is -0.381 e. The summed E-state index contributed by atoms with van der Waals surface area (Å²) in [6.45, 7) is 2.98. The number of non-ortho nitro benzene ring substituents is 1. The fraction of sp³-hybridized carbons (Fsp3) is 0.200. The lowest BCUT2D eigenvalue weighted by atomic mass is 10.1. The summed E-state index contributed by atoms with van der Waals surface area (Å²) < 4.78 is 0. The van der Waals surface area contributed by atoms with Gasteiger partial charge in [0.2, 0.25) is 0 Å². The number of hydrogen-bond acceptors (Lipinski definition) is 4. The standard InChI is InChI=1S/C15H17N3O2/c1-11-6-14(8-15(7-11)18(19)20)17-10-13-4-2-12(9-16)3-5-13/h2-8,17H,9-10,16H2,1H3. The molecule has 2 aromatic carbocycles. The van der Waals surface area contributed by atoms with Crippen molar-refractivity contribution < 1.29 is 4.92 Å². The Morgan fingerprint density at radius 1 is 1.15 bits per heavy atom. The SMILES string of the molecule is Cc1cc(NCc2ccc(CN)cc2)cc([N+](=O)[O-])c1. The number of nitrogens with two attached hydrogens (primary N) is 1. The van der Waals surface area contributed by atoms with Crippen molar-refractivity contribution in [1.29, 1.82) is 0 Å². The van der Waals surface area contributed by atoms with Crippen LogP contribution in [0, 0.1) is 17.0 Å². The monoisotopic (exact) mass is 271 g/mol. The Morgan fingerprint density at radius 3 is 2.40 bits per heavy atom. The molecule has 0 radical (unpaired) electrons. The molecule has 5 heteroatoms. The largest absolute Gasteiger partial charge is 0.381 e. The van der Waals surface area contributed by atoms with Gasteiger partial charge in [0.15, 0.2) is 0 Å². The van der Waals surface area contributed by atoms with Gasteiger partial charge in [-0.1, -0.05) is 24.3 Å². The summed E-state index contributed by atoms with van der Waals surface area (Å²) in [6, 6.07) is 13.0. The van der Waals surface area contributed by atoms with Crippen LogP contribution in [0.25, 0.3) is 0 Å². The molecule has 2 rings (SSSR count). The van der Waals surface area contributed by atoms with E-state index in [0.717, 1.165) is 22.4 Å². The third-order valence-corrected chi connectivity index (χ3v) is 3.03. The average molecular weight is 271 g/mol. The number of anilines is 1. The topological polar surface area (TPSA) is 81.2 Å². The highest BCUT2D eigenvalue weighted by Crippen LogP contribution is 2.21. The Balaban J connectivity index is 2.08. The number of rotatable bonds is 5. The quantitative estimate of drug-likeness (QED) is 0.647. The van der Waals surface area contributed by atoms with Crippen molar-refractivity contribution in [3.63, 3.8) is 0 Å². The van der Waals surface area contributed by atoms with E-state index in [1.165, 1.54) is 0 Å². The van der Waals surface area contributed by atoms with Crippen LogP contribution in [0.5, 0.6) is 0 Å². The molecule has 2 aromatic rings. The number of benzene rings is 2. The molecule has 0 aliphatic carbocycles. The van der Waals surface area contributed by atoms with Gasteiger partial charge in [-0.15, -0.1) is 0 Å². The third kappa shape index (κ3) is 3.55. The lowest BCUT2D eigenvalue weighted by molar-refractivity contribution is -0.384. The van der Waals surface area contributed by atoms with Gasteiger partial charge in [0.05, 0.1) is 4.92 Å². The first-order chi connectivity index (χ1) is 9.58. The highest BCUT2D eigenvalue weighted by atomic mass is 16.6. The van der Waals surface area contributed by atoms with Gasteiger partial charge in [0.1, 0.15) is 0 Å². The van der Waals surface area contributed by atoms with Crippen molar-refractivity contribution in [2.45, 2.75) is 20.0 Å². The minimum atomic E-state index is -0.381. The van der Waals surface area contributed by atoms with Gasteiger partial charge < -0.3 is 11.1 Å². The Hall–Kier alpha value is -2.40. The first kappa shape index (κ1) is 14.0. The fourth-order valence-corrected chi connectivity index (χ4v) is 1.97. The number of nitrogens with one attached hydrogen (secondary N) is 1. The number of hydrogen-bond donors (Lipinski definition) is 2. The first-order valence-electron chi connectivity index (χ1n) is 6.36. The highest BCUT2D eigenvalue weighted by molar-refractivity contribution is 5.54. The zero-order chi connectivity index (χ0) is 14.5. The van der Waals surface area contributed by atoms with Gasteiger partial charge in [0, 0.05) is 30.9 Å². The van der Waals surface area contributed by atoms with Crippen molar-refractivity contribution in [1.82, 2.24) is 0 Å². The average Bonchev–Trinajstić information content (AvgIpc) is 2.45. The summed E-state index contributed by atoms with van der Waals surface area (Å²) in [4.78, 5) is 10.4. The van der Waals surface area contributed by atoms with Crippen molar-refractivity contribution in [2.24, 2.45) is 5.73 Å². The summed E-state index contributed by atoms with van der Waals surface area (Å²) in [5, 5.41) is 14.0. The first-order valence-corrected chi connectivity index (χ1v) is 6.36. The molecule has 0 unspecified atom stereocenters. The third-order valence-electron chi connectivity index (χ3n) is 3.03. The zero-order valence-corrected chi connectivity index (χ0v) is 11.3. The molecule has 0 atom stereocenters. The maximum Gasteiger partial charge on any atom is 0.271 e. The summed E-state index contributed by atoms with van der Waals surface area (Å²) >= 11 is 0. The molecule has 0 saturated carbocycles. The van der Waals surface area contributed by atoms with Crippen LogP contribution in [0.4, 0.5) is 11.4 Å². The lowest BCUT2D eigenvalue weighted by Gasteiger charge is -2.08. The van der Waals surface area contributed by atoms with E-state index in [1.54, 1.807) is 12.1 Å². The van der Waals surface area contributed by atoms with E-state index >= 15 is 0 Å². The molecule has 0 aliphatic heterocycles. The Labute approximate surface area is 117 Å². The molecule has 0 amide bonds. The summed E-state index contributed by atoms with van der Waals surface area (Å²) in [7, 11) is 0. The van der Waals surface area contributed by atoms with Gasteiger partial charge in [-0.25, -0.2) is 0 Å². The molecule has 104 valence electrons. The van der Waals surface area contributed by atoms with Crippen LogP contribution in [0.15, 0.2) is 42.5 Å². The van der Waals surface area contributed by atoms with E-state index < -0.39 is 0 Å². The number of nitro groups is 1. The molecule has 0 saturated heterocycles. The molecule has 0 heterocycles. The second kappa shape index (κ2) is 6.16. The van der Waals surface area contributed by atoms with Crippen LogP contribution in [0.3, 0.4) is 0 Å². The van der Waals surface area contributed by atoms with Gasteiger partial charge in [-0.05, 0) is 29.7 Å². The van der Waals surface area contributed by atoms with Crippen LogP contribution in [-0.4, -0.2) is 4.92 Å². The number of nitrogens with zero attached hydrogens (tertiary/aromatic N) is 1. The Morgan fingerprint density at radius 2 is 1.80 bits per heavy atom. The van der Waals surface area contributed by atoms with Crippen LogP contribution >= 0.6 is 0 Å². The van der Waals surface area contributed by atoms with Crippen molar-refractivity contribution in [2.75, 3.05) is 5.32 Å². The summed E-state index contributed by atoms with van der Waals surface area (Å²) in [5.41, 5.74) is 9.45. The predicted molar refractivity (Wildman–Crippen MR) is 79.5 cm³/mol. The van der Waals surface area contributed by atoms with Crippen LogP contribution < -0.4 is 11.1 Å². The molecule has 0 bridgehead atoms. The molecule has 5 nitrogen and oxygen atoms in total. The Kier molecular flexibility index (Phi) is 4.32. The van der Waals surface area contributed by atoms with Crippen molar-refractivity contribution in [3.05, 3.63) is 69.3 Å². The molecule has 0 aromatic heterocycles. The zero-order valence-electron chi connectivity index (χ0n) is 11.3. The maximum absolute atomic E-state index is 10.8. The second-order valence-electron chi connectivity index (χ2n) is 4.69. The van der Waals surface area contributed by atoms with Gasteiger partial charge in [-0.3, -0.25) is 10.1 Å². The molecule has 20 heavy (non-hydrogen) atoms. The molecule has 0 fully saturated rings.